The van der Waals surface area contributed by atoms with Crippen molar-refractivity contribution in [3.8, 4) is 0 Å². The van der Waals surface area contributed by atoms with Crippen LogP contribution in [0.1, 0.15) is 303 Å². The van der Waals surface area contributed by atoms with Crippen molar-refractivity contribution >= 4 is 17.9 Å². The number of esters is 3. The molecule has 0 aliphatic rings. The van der Waals surface area contributed by atoms with Crippen molar-refractivity contribution in [2.24, 2.45) is 0 Å². The van der Waals surface area contributed by atoms with Crippen molar-refractivity contribution in [1.82, 2.24) is 0 Å². The molecule has 71 heavy (non-hydrogen) atoms. The van der Waals surface area contributed by atoms with Crippen molar-refractivity contribution in [2.45, 2.75) is 309 Å². The van der Waals surface area contributed by atoms with Crippen LogP contribution < -0.4 is 0 Å². The summed E-state index contributed by atoms with van der Waals surface area (Å²) in [5.41, 5.74) is 0. The second-order valence-corrected chi connectivity index (χ2v) is 20.2. The zero-order valence-electron chi connectivity index (χ0n) is 47.0. The number of hydrogen-bond donors (Lipinski definition) is 0. The van der Waals surface area contributed by atoms with Gasteiger partial charge in [-0.05, 0) is 77.0 Å². The number of rotatable bonds is 55. The lowest BCUT2D eigenvalue weighted by molar-refractivity contribution is -0.166. The first kappa shape index (κ1) is 67.8. The molecule has 1 atom stereocenters. The van der Waals surface area contributed by atoms with E-state index in [4.69, 9.17) is 14.2 Å². The van der Waals surface area contributed by atoms with Gasteiger partial charge >= 0.3 is 17.9 Å². The molecule has 410 valence electrons. The molecular weight excluding hydrogens is 877 g/mol. The summed E-state index contributed by atoms with van der Waals surface area (Å²) < 4.78 is 16.8. The molecule has 0 aliphatic heterocycles. The van der Waals surface area contributed by atoms with Crippen LogP contribution in [0.3, 0.4) is 0 Å². The number of carbonyl (C=O) groups excluding carboxylic acids is 3. The van der Waals surface area contributed by atoms with Crippen molar-refractivity contribution < 1.29 is 28.6 Å². The SMILES string of the molecule is CC/C=C\C/C=C\C/C=C\C/C=C\CCC(=O)OCC(COC(=O)CCCCCCCCCCC/C=C\C/C=C\CCCCCCC)OC(=O)CCCCCCCCCCCCCCCCCCCCC. The van der Waals surface area contributed by atoms with E-state index in [-0.39, 0.29) is 37.5 Å². The first-order chi connectivity index (χ1) is 35.0. The van der Waals surface area contributed by atoms with E-state index in [2.05, 4.69) is 87.6 Å². The molecule has 0 aromatic heterocycles. The van der Waals surface area contributed by atoms with Crippen molar-refractivity contribution in [1.29, 1.82) is 0 Å². The second kappa shape index (κ2) is 59.4. The van der Waals surface area contributed by atoms with Gasteiger partial charge < -0.3 is 14.2 Å². The highest BCUT2D eigenvalue weighted by Crippen LogP contribution is 2.17. The molecule has 0 aromatic carbocycles. The largest absolute Gasteiger partial charge is 0.462 e. The maximum atomic E-state index is 12.9. The number of allylic oxidation sites excluding steroid dienone is 12. The molecule has 0 aliphatic carbocycles. The molecule has 0 N–H and O–H groups in total. The van der Waals surface area contributed by atoms with E-state index >= 15 is 0 Å². The van der Waals surface area contributed by atoms with E-state index in [0.717, 1.165) is 70.6 Å². The summed E-state index contributed by atoms with van der Waals surface area (Å²) in [6.07, 6.45) is 76.3. The first-order valence-corrected chi connectivity index (χ1v) is 30.4. The van der Waals surface area contributed by atoms with Crippen LogP contribution in [0.15, 0.2) is 72.9 Å². The van der Waals surface area contributed by atoms with E-state index < -0.39 is 6.10 Å². The van der Waals surface area contributed by atoms with Crippen LogP contribution in [0.25, 0.3) is 0 Å². The molecule has 0 rings (SSSR count). The van der Waals surface area contributed by atoms with Gasteiger partial charge in [-0.2, -0.15) is 0 Å². The smallest absolute Gasteiger partial charge is 0.306 e. The van der Waals surface area contributed by atoms with E-state index in [9.17, 15) is 14.4 Å². The van der Waals surface area contributed by atoms with Gasteiger partial charge in [-0.25, -0.2) is 0 Å². The summed E-state index contributed by atoms with van der Waals surface area (Å²) in [6.45, 7) is 6.48. The van der Waals surface area contributed by atoms with Gasteiger partial charge in [0, 0.05) is 19.3 Å². The minimum Gasteiger partial charge on any atom is -0.462 e. The Kier molecular flexibility index (Phi) is 56.8. The Morgan fingerprint density at radius 3 is 0.944 bits per heavy atom. The topological polar surface area (TPSA) is 78.9 Å². The van der Waals surface area contributed by atoms with Gasteiger partial charge in [-0.15, -0.1) is 0 Å². The van der Waals surface area contributed by atoms with Crippen LogP contribution in [0, 0.1) is 0 Å². The maximum Gasteiger partial charge on any atom is 0.306 e. The zero-order chi connectivity index (χ0) is 51.4. The van der Waals surface area contributed by atoms with Crippen LogP contribution in [0.2, 0.25) is 0 Å². The lowest BCUT2D eigenvalue weighted by Crippen LogP contribution is -2.30. The summed E-state index contributed by atoms with van der Waals surface area (Å²) >= 11 is 0. The molecule has 0 amide bonds. The van der Waals surface area contributed by atoms with Crippen LogP contribution >= 0.6 is 0 Å². The number of hydrogen-bond acceptors (Lipinski definition) is 6. The Bertz CT molecular complexity index is 1320. The summed E-state index contributed by atoms with van der Waals surface area (Å²) in [6, 6.07) is 0. The third-order valence-corrected chi connectivity index (χ3v) is 13.2. The van der Waals surface area contributed by atoms with Gasteiger partial charge in [-0.1, -0.05) is 280 Å². The molecule has 0 radical (unpaired) electrons. The first-order valence-electron chi connectivity index (χ1n) is 30.4. The van der Waals surface area contributed by atoms with E-state index in [1.807, 2.05) is 6.08 Å². The van der Waals surface area contributed by atoms with Gasteiger partial charge in [0.15, 0.2) is 6.10 Å². The average molecular weight is 992 g/mol. The highest BCUT2D eigenvalue weighted by molar-refractivity contribution is 5.71. The fourth-order valence-electron chi connectivity index (χ4n) is 8.67. The van der Waals surface area contributed by atoms with Crippen molar-refractivity contribution in [3.63, 3.8) is 0 Å². The fourth-order valence-corrected chi connectivity index (χ4v) is 8.67. The Morgan fingerprint density at radius 1 is 0.296 bits per heavy atom. The van der Waals surface area contributed by atoms with Gasteiger partial charge in [0.05, 0.1) is 0 Å². The van der Waals surface area contributed by atoms with E-state index in [1.165, 1.54) is 186 Å². The van der Waals surface area contributed by atoms with Crippen LogP contribution in [0.5, 0.6) is 0 Å². The van der Waals surface area contributed by atoms with Gasteiger partial charge in [0.25, 0.3) is 0 Å². The molecule has 0 bridgehead atoms. The Morgan fingerprint density at radius 2 is 0.577 bits per heavy atom. The lowest BCUT2D eigenvalue weighted by Gasteiger charge is -2.18. The van der Waals surface area contributed by atoms with Crippen LogP contribution in [0.4, 0.5) is 0 Å². The van der Waals surface area contributed by atoms with Crippen molar-refractivity contribution in [3.05, 3.63) is 72.9 Å². The molecule has 0 saturated carbocycles. The van der Waals surface area contributed by atoms with Gasteiger partial charge in [0.2, 0.25) is 0 Å². The van der Waals surface area contributed by atoms with Crippen LogP contribution in [-0.2, 0) is 28.6 Å². The van der Waals surface area contributed by atoms with Gasteiger partial charge in [-0.3, -0.25) is 14.4 Å². The fraction of sp³-hybridized carbons (Fsp3) is 0.769. The molecule has 1 unspecified atom stereocenters. The second-order valence-electron chi connectivity index (χ2n) is 20.2. The predicted molar refractivity (Wildman–Crippen MR) is 307 cm³/mol. The Balaban J connectivity index is 4.37. The number of unbranched alkanes of at least 4 members (excludes halogenated alkanes) is 32. The third kappa shape index (κ3) is 57.6. The molecule has 0 spiro atoms. The van der Waals surface area contributed by atoms with E-state index in [0.29, 0.717) is 19.3 Å². The number of carbonyl (C=O) groups is 3. The molecule has 0 aromatic rings. The van der Waals surface area contributed by atoms with Crippen molar-refractivity contribution in [2.75, 3.05) is 13.2 Å². The molecule has 6 heteroatoms. The Labute approximate surface area is 440 Å². The standard InChI is InChI=1S/C65H114O6/c1-4-7-10-13-16-19-22-25-27-29-31-32-34-35-37-40-43-46-49-52-55-58-64(67)70-61-62(60-69-63(66)57-54-51-48-45-42-39-24-21-18-15-12-9-6-3)71-65(68)59-56-53-50-47-44-41-38-36-33-30-28-26-23-20-17-14-11-8-5-2/h9,12,18,21-22,25,29,31,39,42,48,51,62H,4-8,10-11,13-17,19-20,23-24,26-28,30,32-38,40-41,43-47,49-50,52-61H2,1-3H3/b12-9-,21-18-,25-22-,31-29-,42-39-,51-48-. The number of ether oxygens (including phenoxy) is 3. The highest BCUT2D eigenvalue weighted by atomic mass is 16.6. The molecular formula is C65H114O6. The molecule has 0 heterocycles. The summed E-state index contributed by atoms with van der Waals surface area (Å²) in [4.78, 5) is 38.2. The zero-order valence-corrected chi connectivity index (χ0v) is 47.0. The van der Waals surface area contributed by atoms with Crippen LogP contribution in [-0.4, -0.2) is 37.2 Å². The summed E-state index contributed by atoms with van der Waals surface area (Å²) in [5.74, 6) is -0.973. The molecule has 0 fully saturated rings. The normalized spacial score (nSPS) is 12.5. The quantitative estimate of drug-likeness (QED) is 0.0261. The minimum absolute atomic E-state index is 0.0972. The highest BCUT2D eigenvalue weighted by Gasteiger charge is 2.19. The molecule has 6 nitrogen and oxygen atoms in total. The van der Waals surface area contributed by atoms with E-state index in [1.54, 1.807) is 0 Å². The monoisotopic (exact) mass is 991 g/mol. The lowest BCUT2D eigenvalue weighted by atomic mass is 10.0. The third-order valence-electron chi connectivity index (χ3n) is 13.2. The minimum atomic E-state index is -0.805. The van der Waals surface area contributed by atoms with Gasteiger partial charge in [0.1, 0.15) is 13.2 Å². The summed E-state index contributed by atoms with van der Waals surface area (Å²) in [5, 5.41) is 0. The average Bonchev–Trinajstić information content (AvgIpc) is 3.37. The Hall–Kier alpha value is -3.15. The maximum absolute atomic E-state index is 12.9. The predicted octanol–water partition coefficient (Wildman–Crippen LogP) is 20.5. The summed E-state index contributed by atoms with van der Waals surface area (Å²) in [7, 11) is 0. The molecule has 0 saturated heterocycles.